The maximum absolute atomic E-state index is 13.5. The summed E-state index contributed by atoms with van der Waals surface area (Å²) in [6.07, 6.45) is 0. The number of hydrogen-bond acceptors (Lipinski definition) is 3. The molecule has 0 fully saturated rings. The van der Waals surface area contributed by atoms with E-state index in [-0.39, 0.29) is 18.0 Å². The molecular weight excluding hydrogens is 368 g/mol. The lowest BCUT2D eigenvalue weighted by atomic mass is 10.2. The molecule has 0 spiro atoms. The fourth-order valence-corrected chi connectivity index (χ4v) is 2.46. The Morgan fingerprint density at radius 3 is 2.32 bits per heavy atom. The van der Waals surface area contributed by atoms with Gasteiger partial charge >= 0.3 is 0 Å². The number of rotatable bonds is 8. The number of nitrogens with one attached hydrogen (secondary N) is 2. The van der Waals surface area contributed by atoms with E-state index in [1.165, 1.54) is 0 Å². The molecule has 0 bridgehead atoms. The van der Waals surface area contributed by atoms with Crippen molar-refractivity contribution in [2.24, 2.45) is 0 Å². The van der Waals surface area contributed by atoms with Crippen molar-refractivity contribution in [3.8, 4) is 0 Å². The Bertz CT molecular complexity index is 844. The molecule has 0 radical (unpaired) electrons. The van der Waals surface area contributed by atoms with E-state index >= 15 is 0 Å². The minimum absolute atomic E-state index is 0.222. The van der Waals surface area contributed by atoms with Crippen LogP contribution in [0.15, 0.2) is 48.5 Å². The fourth-order valence-electron chi connectivity index (χ4n) is 2.46. The molecule has 0 aliphatic heterocycles. The first-order valence-electron chi connectivity index (χ1n) is 8.72. The maximum Gasteiger partial charge on any atom is 0.254 e. The van der Waals surface area contributed by atoms with Gasteiger partial charge in [-0.15, -0.1) is 0 Å². The summed E-state index contributed by atoms with van der Waals surface area (Å²) in [7, 11) is 0. The minimum Gasteiger partial charge on any atom is -0.345 e. The van der Waals surface area contributed by atoms with Gasteiger partial charge in [0.1, 0.15) is 11.6 Å². The van der Waals surface area contributed by atoms with Crippen LogP contribution in [0, 0.1) is 11.6 Å². The summed E-state index contributed by atoms with van der Waals surface area (Å²) >= 11 is 0. The monoisotopic (exact) mass is 389 g/mol. The Morgan fingerprint density at radius 1 is 0.964 bits per heavy atom. The molecule has 2 aromatic rings. The summed E-state index contributed by atoms with van der Waals surface area (Å²) in [5.41, 5.74) is 0.600. The topological polar surface area (TPSA) is 78.5 Å². The predicted octanol–water partition coefficient (Wildman–Crippen LogP) is 1.86. The van der Waals surface area contributed by atoms with Crippen molar-refractivity contribution < 1.29 is 23.2 Å². The summed E-state index contributed by atoms with van der Waals surface area (Å²) in [6.45, 7) is 2.07. The number of halogens is 2. The second kappa shape index (κ2) is 10.1. The van der Waals surface area contributed by atoms with Crippen molar-refractivity contribution in [3.05, 3.63) is 71.3 Å². The molecule has 0 saturated heterocycles. The number of carbonyl (C=O) groups excluding carboxylic acids is 3. The lowest BCUT2D eigenvalue weighted by Crippen LogP contribution is -2.43. The zero-order valence-electron chi connectivity index (χ0n) is 15.4. The molecule has 2 N–H and O–H groups in total. The molecule has 3 amide bonds. The molecule has 28 heavy (non-hydrogen) atoms. The van der Waals surface area contributed by atoms with Gasteiger partial charge in [-0.05, 0) is 24.6 Å². The molecule has 6 nitrogen and oxygen atoms in total. The number of nitrogens with zero attached hydrogens (tertiary/aromatic N) is 1. The molecule has 0 unspecified atom stereocenters. The van der Waals surface area contributed by atoms with Crippen LogP contribution in [-0.4, -0.2) is 42.3 Å². The highest BCUT2D eigenvalue weighted by atomic mass is 19.1. The van der Waals surface area contributed by atoms with Gasteiger partial charge in [0, 0.05) is 19.2 Å². The molecule has 0 saturated carbocycles. The van der Waals surface area contributed by atoms with Crippen LogP contribution in [0.1, 0.15) is 22.8 Å². The molecule has 0 aromatic heterocycles. The van der Waals surface area contributed by atoms with E-state index < -0.39 is 30.0 Å². The van der Waals surface area contributed by atoms with Crippen molar-refractivity contribution >= 4 is 17.7 Å². The second-order valence-corrected chi connectivity index (χ2v) is 5.98. The van der Waals surface area contributed by atoms with E-state index in [0.717, 1.165) is 17.7 Å². The van der Waals surface area contributed by atoms with E-state index in [1.807, 2.05) is 37.3 Å². The van der Waals surface area contributed by atoms with E-state index in [9.17, 15) is 23.2 Å². The second-order valence-electron chi connectivity index (χ2n) is 5.98. The third kappa shape index (κ3) is 6.15. The van der Waals surface area contributed by atoms with E-state index in [4.69, 9.17) is 0 Å². The normalized spacial score (nSPS) is 10.2. The summed E-state index contributed by atoms with van der Waals surface area (Å²) < 4.78 is 26.4. The van der Waals surface area contributed by atoms with Crippen LogP contribution in [0.4, 0.5) is 8.78 Å². The average Bonchev–Trinajstić information content (AvgIpc) is 2.69. The van der Waals surface area contributed by atoms with Crippen molar-refractivity contribution in [1.29, 1.82) is 0 Å². The van der Waals surface area contributed by atoms with Gasteiger partial charge in [-0.1, -0.05) is 30.3 Å². The Hall–Kier alpha value is -3.29. The zero-order chi connectivity index (χ0) is 20.5. The van der Waals surface area contributed by atoms with Crippen molar-refractivity contribution in [2.45, 2.75) is 13.5 Å². The minimum atomic E-state index is -1.02. The number of likely N-dealkylation sites (N-methyl/N-ethyl adjacent to an activating group) is 1. The van der Waals surface area contributed by atoms with Crippen molar-refractivity contribution in [1.82, 2.24) is 15.5 Å². The quantitative estimate of drug-likeness (QED) is 0.723. The Balaban J connectivity index is 1.79. The van der Waals surface area contributed by atoms with Crippen LogP contribution >= 0.6 is 0 Å². The Labute approximate surface area is 161 Å². The molecule has 148 valence electrons. The molecule has 0 aliphatic carbocycles. The van der Waals surface area contributed by atoms with Crippen LogP contribution in [0.5, 0.6) is 0 Å². The fraction of sp³-hybridized carbons (Fsp3) is 0.250. The Kier molecular flexibility index (Phi) is 7.62. The van der Waals surface area contributed by atoms with Crippen LogP contribution in [0.2, 0.25) is 0 Å². The molecular formula is C20H21F2N3O3. The van der Waals surface area contributed by atoms with Crippen LogP contribution in [-0.2, 0) is 16.1 Å². The van der Waals surface area contributed by atoms with Crippen LogP contribution in [0.3, 0.4) is 0 Å². The summed E-state index contributed by atoms with van der Waals surface area (Å²) in [5, 5.41) is 4.64. The highest BCUT2D eigenvalue weighted by Crippen LogP contribution is 2.09. The summed E-state index contributed by atoms with van der Waals surface area (Å²) in [4.78, 5) is 37.5. The van der Waals surface area contributed by atoms with Crippen molar-refractivity contribution in [3.63, 3.8) is 0 Å². The van der Waals surface area contributed by atoms with Crippen molar-refractivity contribution in [2.75, 3.05) is 19.6 Å². The molecule has 0 heterocycles. The SMILES string of the molecule is CCN(Cc1ccccc1)C(=O)CNC(=O)CNC(=O)c1ccc(F)cc1F. The van der Waals surface area contributed by atoms with Gasteiger partial charge in [-0.2, -0.15) is 0 Å². The van der Waals surface area contributed by atoms with Crippen LogP contribution < -0.4 is 10.6 Å². The number of benzene rings is 2. The van der Waals surface area contributed by atoms with E-state index in [0.29, 0.717) is 19.2 Å². The highest BCUT2D eigenvalue weighted by Gasteiger charge is 2.16. The molecule has 8 heteroatoms. The third-order valence-corrected chi connectivity index (χ3v) is 3.97. The molecule has 0 atom stereocenters. The van der Waals surface area contributed by atoms with Crippen LogP contribution in [0.25, 0.3) is 0 Å². The highest BCUT2D eigenvalue weighted by molar-refractivity contribution is 5.97. The van der Waals surface area contributed by atoms with Gasteiger partial charge in [0.25, 0.3) is 5.91 Å². The smallest absolute Gasteiger partial charge is 0.254 e. The molecule has 0 aliphatic rings. The summed E-state index contributed by atoms with van der Waals surface area (Å²) in [6, 6.07) is 12.0. The molecule has 2 rings (SSSR count). The first-order chi connectivity index (χ1) is 13.4. The van der Waals surface area contributed by atoms with E-state index in [1.54, 1.807) is 4.90 Å². The largest absolute Gasteiger partial charge is 0.345 e. The van der Waals surface area contributed by atoms with Gasteiger partial charge in [-0.25, -0.2) is 8.78 Å². The number of hydrogen-bond donors (Lipinski definition) is 2. The van der Waals surface area contributed by atoms with Gasteiger partial charge < -0.3 is 15.5 Å². The van der Waals surface area contributed by atoms with Gasteiger partial charge in [0.05, 0.1) is 18.7 Å². The first kappa shape index (κ1) is 21.0. The third-order valence-electron chi connectivity index (χ3n) is 3.97. The standard InChI is InChI=1S/C20H21F2N3O3/c1-2-25(13-14-6-4-3-5-7-14)19(27)12-23-18(26)11-24-20(28)16-9-8-15(21)10-17(16)22/h3-10H,2,11-13H2,1H3,(H,23,26)(H,24,28). The lowest BCUT2D eigenvalue weighted by Gasteiger charge is -2.21. The van der Waals surface area contributed by atoms with Gasteiger partial charge in [0.2, 0.25) is 11.8 Å². The zero-order valence-corrected chi connectivity index (χ0v) is 15.4. The maximum atomic E-state index is 13.5. The lowest BCUT2D eigenvalue weighted by molar-refractivity contribution is -0.133. The predicted molar refractivity (Wildman–Crippen MR) is 99.2 cm³/mol. The van der Waals surface area contributed by atoms with Gasteiger partial charge in [0.15, 0.2) is 0 Å². The van der Waals surface area contributed by atoms with Gasteiger partial charge in [-0.3, -0.25) is 14.4 Å². The molecule has 2 aromatic carbocycles. The first-order valence-corrected chi connectivity index (χ1v) is 8.72. The van der Waals surface area contributed by atoms with E-state index in [2.05, 4.69) is 10.6 Å². The number of carbonyl (C=O) groups is 3. The average molecular weight is 389 g/mol. The number of amides is 3. The summed E-state index contributed by atoms with van der Waals surface area (Å²) in [5.74, 6) is -3.54. The Morgan fingerprint density at radius 2 is 1.68 bits per heavy atom.